The number of halogens is 1. The lowest BCUT2D eigenvalue weighted by atomic mass is 10.1. The summed E-state index contributed by atoms with van der Waals surface area (Å²) in [6.07, 6.45) is 11.9. The van der Waals surface area contributed by atoms with E-state index >= 15 is 0 Å². The molecule has 5 heteroatoms. The van der Waals surface area contributed by atoms with E-state index in [0.717, 1.165) is 66.9 Å². The molecule has 0 aliphatic rings. The van der Waals surface area contributed by atoms with E-state index in [0.29, 0.717) is 6.61 Å². The van der Waals surface area contributed by atoms with E-state index in [1.54, 1.807) is 0 Å². The molecule has 154 valence electrons. The summed E-state index contributed by atoms with van der Waals surface area (Å²) in [5, 5.41) is 3.44. The normalized spacial score (nSPS) is 10.8. The smallest absolute Gasteiger partial charge is 0.179 e. The Morgan fingerprint density at radius 1 is 0.964 bits per heavy atom. The summed E-state index contributed by atoms with van der Waals surface area (Å²) in [5.74, 6) is 2.52. The lowest BCUT2D eigenvalue weighted by Gasteiger charge is -2.13. The van der Waals surface area contributed by atoms with Gasteiger partial charge in [0.1, 0.15) is 5.82 Å². The van der Waals surface area contributed by atoms with E-state index < -0.39 is 0 Å². The maximum Gasteiger partial charge on any atom is 0.179 e. The Hall–Kier alpha value is -1.62. The van der Waals surface area contributed by atoms with Crippen LogP contribution in [-0.4, -0.2) is 23.1 Å². The monoisotopic (exact) mass is 447 g/mol. The van der Waals surface area contributed by atoms with Crippen LogP contribution >= 0.6 is 15.9 Å². The number of hydrogen-bond acceptors (Lipinski definition) is 4. The van der Waals surface area contributed by atoms with E-state index in [9.17, 15) is 0 Å². The molecule has 0 saturated heterocycles. The number of unbranched alkanes of at least 4 members (excludes halogenated alkanes) is 4. The number of anilines is 1. The number of nitrogens with one attached hydrogen (secondary N) is 1. The van der Waals surface area contributed by atoms with E-state index in [1.807, 2.05) is 12.3 Å². The number of aromatic nitrogens is 2. The maximum absolute atomic E-state index is 6.02. The molecule has 0 radical (unpaired) electrons. The number of ether oxygens (including phenoxy) is 1. The van der Waals surface area contributed by atoms with Crippen molar-refractivity contribution in [1.82, 2.24) is 9.97 Å². The minimum Gasteiger partial charge on any atom is -0.488 e. The zero-order chi connectivity index (χ0) is 20.0. The largest absolute Gasteiger partial charge is 0.488 e. The molecule has 1 aromatic carbocycles. The highest BCUT2D eigenvalue weighted by Crippen LogP contribution is 2.23. The van der Waals surface area contributed by atoms with Crippen molar-refractivity contribution in [3.05, 3.63) is 46.3 Å². The Morgan fingerprint density at radius 2 is 1.79 bits per heavy atom. The molecule has 4 nitrogen and oxygen atoms in total. The van der Waals surface area contributed by atoms with E-state index in [2.05, 4.69) is 58.3 Å². The third-order valence-electron chi connectivity index (χ3n) is 4.69. The van der Waals surface area contributed by atoms with Gasteiger partial charge in [0.15, 0.2) is 11.6 Å². The Kier molecular flexibility index (Phi) is 11.0. The average molecular weight is 448 g/mol. The molecule has 1 heterocycles. The summed E-state index contributed by atoms with van der Waals surface area (Å²) in [6.45, 7) is 5.99. The number of benzene rings is 1. The molecule has 0 aliphatic carbocycles. The standard InChI is InChI=1S/C23H34BrN3O/c1-3-5-7-8-15-22-26-18-21(23(27-22)25-16-6-4-2)28-17-11-13-19-12-9-10-14-20(19)24/h9-10,12,14,18H,3-8,11,13,15-17H2,1-2H3,(H,25,26,27). The van der Waals surface area contributed by atoms with Crippen LogP contribution in [0.4, 0.5) is 5.82 Å². The van der Waals surface area contributed by atoms with Gasteiger partial charge in [0.2, 0.25) is 0 Å². The molecule has 0 atom stereocenters. The number of nitrogens with zero attached hydrogens (tertiary/aromatic N) is 2. The van der Waals surface area contributed by atoms with Crippen molar-refractivity contribution >= 4 is 21.7 Å². The first kappa shape index (κ1) is 22.7. The second-order valence-electron chi connectivity index (χ2n) is 7.13. The van der Waals surface area contributed by atoms with Gasteiger partial charge in [-0.15, -0.1) is 0 Å². The fourth-order valence-electron chi connectivity index (χ4n) is 3.00. The van der Waals surface area contributed by atoms with Crippen molar-refractivity contribution in [2.45, 2.75) is 71.6 Å². The van der Waals surface area contributed by atoms with Crippen LogP contribution in [0.1, 0.15) is 70.2 Å². The summed E-state index contributed by atoms with van der Waals surface area (Å²) in [7, 11) is 0. The van der Waals surface area contributed by atoms with Gasteiger partial charge in [-0.2, -0.15) is 0 Å². The zero-order valence-electron chi connectivity index (χ0n) is 17.3. The maximum atomic E-state index is 6.02. The van der Waals surface area contributed by atoms with Gasteiger partial charge >= 0.3 is 0 Å². The molecular weight excluding hydrogens is 414 g/mol. The average Bonchev–Trinajstić information content (AvgIpc) is 2.71. The van der Waals surface area contributed by atoms with E-state index in [4.69, 9.17) is 9.72 Å². The molecule has 0 unspecified atom stereocenters. The Morgan fingerprint density at radius 3 is 2.57 bits per heavy atom. The number of aryl methyl sites for hydroxylation is 2. The predicted molar refractivity (Wildman–Crippen MR) is 121 cm³/mol. The first-order chi connectivity index (χ1) is 13.7. The van der Waals surface area contributed by atoms with Crippen LogP contribution in [0, 0.1) is 0 Å². The first-order valence-electron chi connectivity index (χ1n) is 10.7. The fraction of sp³-hybridized carbons (Fsp3) is 0.565. The summed E-state index contributed by atoms with van der Waals surface area (Å²) in [5.41, 5.74) is 1.31. The molecule has 0 fully saturated rings. The summed E-state index contributed by atoms with van der Waals surface area (Å²) < 4.78 is 7.18. The van der Waals surface area contributed by atoms with Gasteiger partial charge < -0.3 is 10.1 Å². The minimum absolute atomic E-state index is 0.656. The second-order valence-corrected chi connectivity index (χ2v) is 7.99. The van der Waals surface area contributed by atoms with Crippen molar-refractivity contribution in [2.24, 2.45) is 0 Å². The fourth-order valence-corrected chi connectivity index (χ4v) is 3.48. The van der Waals surface area contributed by atoms with Gasteiger partial charge in [-0.1, -0.05) is 73.7 Å². The third kappa shape index (κ3) is 8.17. The summed E-state index contributed by atoms with van der Waals surface area (Å²) >= 11 is 3.61. The van der Waals surface area contributed by atoms with E-state index in [1.165, 1.54) is 24.8 Å². The highest BCUT2D eigenvalue weighted by molar-refractivity contribution is 9.10. The molecule has 0 aliphatic heterocycles. The molecule has 2 aromatic rings. The molecule has 0 spiro atoms. The molecule has 1 aromatic heterocycles. The first-order valence-corrected chi connectivity index (χ1v) is 11.5. The minimum atomic E-state index is 0.656. The topological polar surface area (TPSA) is 47.0 Å². The quantitative estimate of drug-likeness (QED) is 0.332. The van der Waals surface area contributed by atoms with Crippen LogP contribution in [0.2, 0.25) is 0 Å². The highest BCUT2D eigenvalue weighted by Gasteiger charge is 2.09. The van der Waals surface area contributed by atoms with Crippen LogP contribution < -0.4 is 10.1 Å². The Bertz CT molecular complexity index is 693. The lowest BCUT2D eigenvalue weighted by Crippen LogP contribution is -2.10. The molecule has 1 N–H and O–H groups in total. The molecular formula is C23H34BrN3O. The summed E-state index contributed by atoms with van der Waals surface area (Å²) in [4.78, 5) is 9.27. The van der Waals surface area contributed by atoms with Crippen LogP contribution in [0.3, 0.4) is 0 Å². The van der Waals surface area contributed by atoms with Gasteiger partial charge in [-0.3, -0.25) is 0 Å². The van der Waals surface area contributed by atoms with Crippen LogP contribution in [0.15, 0.2) is 34.9 Å². The Balaban J connectivity index is 1.89. The summed E-state index contributed by atoms with van der Waals surface area (Å²) in [6, 6.07) is 8.35. The molecule has 0 bridgehead atoms. The third-order valence-corrected chi connectivity index (χ3v) is 5.46. The predicted octanol–water partition coefficient (Wildman–Crippen LogP) is 6.59. The molecule has 2 rings (SSSR count). The second kappa shape index (κ2) is 13.5. The molecule has 0 saturated carbocycles. The van der Waals surface area contributed by atoms with Crippen molar-refractivity contribution in [3.8, 4) is 5.75 Å². The van der Waals surface area contributed by atoms with Gasteiger partial charge in [0.25, 0.3) is 0 Å². The van der Waals surface area contributed by atoms with Crippen LogP contribution in [0.25, 0.3) is 0 Å². The number of rotatable bonds is 14. The van der Waals surface area contributed by atoms with Crippen molar-refractivity contribution in [3.63, 3.8) is 0 Å². The van der Waals surface area contributed by atoms with Crippen molar-refractivity contribution < 1.29 is 4.74 Å². The highest BCUT2D eigenvalue weighted by atomic mass is 79.9. The number of hydrogen-bond donors (Lipinski definition) is 1. The molecule has 28 heavy (non-hydrogen) atoms. The lowest BCUT2D eigenvalue weighted by molar-refractivity contribution is 0.309. The van der Waals surface area contributed by atoms with Crippen molar-refractivity contribution in [2.75, 3.05) is 18.5 Å². The molecule has 0 amide bonds. The Labute approximate surface area is 178 Å². The SMILES string of the molecule is CCCCCCc1ncc(OCCCc2ccccc2Br)c(NCCCC)n1. The van der Waals surface area contributed by atoms with Crippen LogP contribution in [0.5, 0.6) is 5.75 Å². The van der Waals surface area contributed by atoms with E-state index in [-0.39, 0.29) is 0 Å². The zero-order valence-corrected chi connectivity index (χ0v) is 18.9. The van der Waals surface area contributed by atoms with Crippen LogP contribution in [-0.2, 0) is 12.8 Å². The van der Waals surface area contributed by atoms with Crippen molar-refractivity contribution in [1.29, 1.82) is 0 Å². The van der Waals surface area contributed by atoms with Gasteiger partial charge in [-0.25, -0.2) is 9.97 Å². The van der Waals surface area contributed by atoms with Gasteiger partial charge in [-0.05, 0) is 37.3 Å². The van der Waals surface area contributed by atoms with Gasteiger partial charge in [0.05, 0.1) is 12.8 Å². The van der Waals surface area contributed by atoms with Gasteiger partial charge in [0, 0.05) is 17.4 Å².